The number of pyridine rings is 1. The van der Waals surface area contributed by atoms with E-state index in [4.69, 9.17) is 14.2 Å². The van der Waals surface area contributed by atoms with Crippen LogP contribution < -0.4 is 9.47 Å². The van der Waals surface area contributed by atoms with Crippen LogP contribution in [0.15, 0.2) is 42.9 Å². The van der Waals surface area contributed by atoms with Crippen molar-refractivity contribution in [2.75, 3.05) is 20.2 Å². The maximum atomic E-state index is 15.0. The first-order valence-electron chi connectivity index (χ1n) is 12.1. The van der Waals surface area contributed by atoms with E-state index < -0.39 is 5.82 Å². The standard InChI is InChI=1S/C27H31FN4O4/c1-17(2)35-27(33)32-12-9-19(10-13-32)14-22-18(3)26(31-16-30-22)36-23-8-7-20(15-21(23)28)25-24(34-4)6-5-11-29-25/h5-8,11,15-17,19H,9-10,12-14H2,1-4H3. The Bertz CT molecular complexity index is 1210. The Labute approximate surface area is 210 Å². The second kappa shape index (κ2) is 11.3. The highest BCUT2D eigenvalue weighted by molar-refractivity contribution is 5.68. The van der Waals surface area contributed by atoms with Gasteiger partial charge in [0.1, 0.15) is 17.8 Å². The summed E-state index contributed by atoms with van der Waals surface area (Å²) in [7, 11) is 1.55. The number of piperidine rings is 1. The third-order valence-electron chi connectivity index (χ3n) is 6.24. The molecule has 1 aliphatic rings. The minimum atomic E-state index is -0.527. The molecule has 9 heteroatoms. The van der Waals surface area contributed by atoms with Gasteiger partial charge >= 0.3 is 6.09 Å². The fourth-order valence-electron chi connectivity index (χ4n) is 4.25. The van der Waals surface area contributed by atoms with Gasteiger partial charge in [-0.3, -0.25) is 4.98 Å². The van der Waals surface area contributed by atoms with Crippen molar-refractivity contribution in [3.8, 4) is 28.6 Å². The van der Waals surface area contributed by atoms with Gasteiger partial charge in [0.15, 0.2) is 11.6 Å². The molecule has 1 saturated heterocycles. The van der Waals surface area contributed by atoms with Crippen LogP contribution in [-0.4, -0.2) is 52.2 Å². The molecule has 0 N–H and O–H groups in total. The van der Waals surface area contributed by atoms with E-state index in [1.165, 1.54) is 12.4 Å². The minimum absolute atomic E-state index is 0.0679. The fourth-order valence-corrected chi connectivity index (χ4v) is 4.25. The summed E-state index contributed by atoms with van der Waals surface area (Å²) in [4.78, 5) is 26.9. The Hall–Kier alpha value is -3.75. The molecular weight excluding hydrogens is 463 g/mol. The number of hydrogen-bond donors (Lipinski definition) is 0. The Kier molecular flexibility index (Phi) is 7.97. The van der Waals surface area contributed by atoms with Gasteiger partial charge in [-0.1, -0.05) is 0 Å². The molecule has 1 amide bonds. The molecule has 0 aliphatic carbocycles. The normalized spacial score (nSPS) is 14.1. The van der Waals surface area contributed by atoms with E-state index in [0.717, 1.165) is 30.5 Å². The summed E-state index contributed by atoms with van der Waals surface area (Å²) in [6.45, 7) is 6.88. The Balaban J connectivity index is 1.43. The molecule has 0 spiro atoms. The van der Waals surface area contributed by atoms with Crippen molar-refractivity contribution in [2.45, 2.75) is 46.1 Å². The van der Waals surface area contributed by atoms with Crippen molar-refractivity contribution in [3.05, 3.63) is 59.9 Å². The number of ether oxygens (including phenoxy) is 3. The number of halogens is 1. The minimum Gasteiger partial charge on any atom is -0.494 e. The maximum absolute atomic E-state index is 15.0. The summed E-state index contributed by atoms with van der Waals surface area (Å²) >= 11 is 0. The quantitative estimate of drug-likeness (QED) is 0.423. The summed E-state index contributed by atoms with van der Waals surface area (Å²) in [5, 5.41) is 0. The van der Waals surface area contributed by atoms with Crippen LogP contribution in [0.2, 0.25) is 0 Å². The van der Waals surface area contributed by atoms with Crippen LogP contribution in [0.4, 0.5) is 9.18 Å². The summed E-state index contributed by atoms with van der Waals surface area (Å²) < 4.78 is 31.4. The molecular formula is C27H31FN4O4. The van der Waals surface area contributed by atoms with Gasteiger partial charge < -0.3 is 19.1 Å². The van der Waals surface area contributed by atoms with Crippen molar-refractivity contribution in [1.82, 2.24) is 19.9 Å². The van der Waals surface area contributed by atoms with Gasteiger partial charge in [-0.25, -0.2) is 19.2 Å². The number of benzene rings is 1. The lowest BCUT2D eigenvalue weighted by Crippen LogP contribution is -2.40. The molecule has 0 radical (unpaired) electrons. The van der Waals surface area contributed by atoms with Gasteiger partial charge in [-0.05, 0) is 76.3 Å². The maximum Gasteiger partial charge on any atom is 0.410 e. The molecule has 1 aromatic carbocycles. The molecule has 4 rings (SSSR count). The van der Waals surface area contributed by atoms with Crippen molar-refractivity contribution in [2.24, 2.45) is 5.92 Å². The third-order valence-corrected chi connectivity index (χ3v) is 6.24. The number of amides is 1. The highest BCUT2D eigenvalue weighted by Crippen LogP contribution is 2.33. The molecule has 3 heterocycles. The predicted molar refractivity (Wildman–Crippen MR) is 133 cm³/mol. The largest absolute Gasteiger partial charge is 0.494 e. The van der Waals surface area contributed by atoms with Gasteiger partial charge in [0.2, 0.25) is 5.88 Å². The van der Waals surface area contributed by atoms with Gasteiger partial charge in [-0.2, -0.15) is 0 Å². The molecule has 1 fully saturated rings. The van der Waals surface area contributed by atoms with E-state index >= 15 is 0 Å². The van der Waals surface area contributed by atoms with Crippen LogP contribution in [0.3, 0.4) is 0 Å². The van der Waals surface area contributed by atoms with E-state index in [0.29, 0.717) is 41.9 Å². The topological polar surface area (TPSA) is 86.7 Å². The second-order valence-corrected chi connectivity index (χ2v) is 9.12. The predicted octanol–water partition coefficient (Wildman–Crippen LogP) is 5.59. The Morgan fingerprint density at radius 1 is 1.14 bits per heavy atom. The Morgan fingerprint density at radius 3 is 2.61 bits per heavy atom. The first-order valence-corrected chi connectivity index (χ1v) is 12.1. The summed E-state index contributed by atoms with van der Waals surface area (Å²) in [6, 6.07) is 8.20. The molecule has 1 aliphatic heterocycles. The lowest BCUT2D eigenvalue weighted by molar-refractivity contribution is 0.0653. The zero-order valence-corrected chi connectivity index (χ0v) is 21.0. The highest BCUT2D eigenvalue weighted by Gasteiger charge is 2.25. The van der Waals surface area contributed by atoms with Gasteiger partial charge in [0, 0.05) is 30.4 Å². The first-order chi connectivity index (χ1) is 17.4. The van der Waals surface area contributed by atoms with Crippen LogP contribution in [0, 0.1) is 18.7 Å². The van der Waals surface area contributed by atoms with Gasteiger partial charge in [-0.15, -0.1) is 0 Å². The molecule has 0 atom stereocenters. The monoisotopic (exact) mass is 494 g/mol. The number of carbonyl (C=O) groups is 1. The lowest BCUT2D eigenvalue weighted by Gasteiger charge is -2.31. The average molecular weight is 495 g/mol. The van der Waals surface area contributed by atoms with E-state index in [1.54, 1.807) is 42.5 Å². The third kappa shape index (κ3) is 5.90. The van der Waals surface area contributed by atoms with E-state index in [-0.39, 0.29) is 17.9 Å². The van der Waals surface area contributed by atoms with Gasteiger partial charge in [0.25, 0.3) is 0 Å². The van der Waals surface area contributed by atoms with Crippen molar-refractivity contribution >= 4 is 6.09 Å². The molecule has 36 heavy (non-hydrogen) atoms. The van der Waals surface area contributed by atoms with Crippen molar-refractivity contribution < 1.29 is 23.4 Å². The van der Waals surface area contributed by atoms with E-state index in [9.17, 15) is 9.18 Å². The zero-order chi connectivity index (χ0) is 25.7. The number of likely N-dealkylation sites (tertiary alicyclic amines) is 1. The number of nitrogens with zero attached hydrogens (tertiary/aromatic N) is 4. The first kappa shape index (κ1) is 25.3. The number of carbonyl (C=O) groups excluding carboxylic acids is 1. The Morgan fingerprint density at radius 2 is 1.92 bits per heavy atom. The number of hydrogen-bond acceptors (Lipinski definition) is 7. The van der Waals surface area contributed by atoms with Crippen LogP contribution in [0.5, 0.6) is 17.4 Å². The second-order valence-electron chi connectivity index (χ2n) is 9.12. The van der Waals surface area contributed by atoms with Crippen LogP contribution in [0.1, 0.15) is 37.9 Å². The molecule has 2 aromatic heterocycles. The van der Waals surface area contributed by atoms with Crippen molar-refractivity contribution in [3.63, 3.8) is 0 Å². The summed E-state index contributed by atoms with van der Waals surface area (Å²) in [5.74, 6) is 0.794. The summed E-state index contributed by atoms with van der Waals surface area (Å²) in [5.41, 5.74) is 2.77. The smallest absolute Gasteiger partial charge is 0.410 e. The lowest BCUT2D eigenvalue weighted by atomic mass is 9.91. The molecule has 0 unspecified atom stereocenters. The molecule has 3 aromatic rings. The van der Waals surface area contributed by atoms with Crippen LogP contribution >= 0.6 is 0 Å². The molecule has 8 nitrogen and oxygen atoms in total. The SMILES string of the molecule is COc1cccnc1-c1ccc(Oc2ncnc(CC3CCN(C(=O)OC(C)C)CC3)c2C)c(F)c1. The fraction of sp³-hybridized carbons (Fsp3) is 0.407. The molecule has 0 bridgehead atoms. The average Bonchev–Trinajstić information content (AvgIpc) is 2.87. The highest BCUT2D eigenvalue weighted by atomic mass is 19.1. The van der Waals surface area contributed by atoms with Crippen molar-refractivity contribution in [1.29, 1.82) is 0 Å². The van der Waals surface area contributed by atoms with E-state index in [1.807, 2.05) is 20.8 Å². The zero-order valence-electron chi connectivity index (χ0n) is 21.0. The number of rotatable bonds is 7. The number of aromatic nitrogens is 3. The van der Waals surface area contributed by atoms with Gasteiger partial charge in [0.05, 0.1) is 18.9 Å². The van der Waals surface area contributed by atoms with Crippen LogP contribution in [-0.2, 0) is 11.2 Å². The summed E-state index contributed by atoms with van der Waals surface area (Å²) in [6.07, 6.45) is 5.15. The molecule has 190 valence electrons. The number of methoxy groups -OCH3 is 1. The van der Waals surface area contributed by atoms with E-state index in [2.05, 4.69) is 15.0 Å². The van der Waals surface area contributed by atoms with Crippen LogP contribution in [0.25, 0.3) is 11.3 Å². The molecule has 0 saturated carbocycles.